The molecule has 0 saturated carbocycles. The van der Waals surface area contributed by atoms with Gasteiger partial charge in [0.15, 0.2) is 0 Å². The van der Waals surface area contributed by atoms with Crippen molar-refractivity contribution in [3.8, 4) is 6.07 Å². The highest BCUT2D eigenvalue weighted by molar-refractivity contribution is 5.82. The van der Waals surface area contributed by atoms with Crippen molar-refractivity contribution in [2.24, 2.45) is 11.7 Å². The number of nitriles is 1. The number of rotatable bonds is 5. The van der Waals surface area contributed by atoms with Crippen molar-refractivity contribution in [3.05, 3.63) is 35.4 Å². The van der Waals surface area contributed by atoms with E-state index in [1.165, 1.54) is 0 Å². The molecule has 1 amide bonds. The lowest BCUT2D eigenvalue weighted by Crippen LogP contribution is -2.36. The highest BCUT2D eigenvalue weighted by Gasteiger charge is 2.20. The Morgan fingerprint density at radius 3 is 2.65 bits per heavy atom. The van der Waals surface area contributed by atoms with Crippen LogP contribution >= 0.6 is 0 Å². The Kier molecular flexibility index (Phi) is 4.68. The fraction of sp³-hybridized carbons (Fsp3) is 0.385. The molecular formula is C13H17N3O. The molecule has 3 N–H and O–H groups in total. The molecule has 0 heterocycles. The lowest BCUT2D eigenvalue weighted by atomic mass is 10.00. The van der Waals surface area contributed by atoms with Crippen LogP contribution in [0.3, 0.4) is 0 Å². The molecule has 1 aromatic carbocycles. The van der Waals surface area contributed by atoms with Gasteiger partial charge in [-0.1, -0.05) is 32.0 Å². The van der Waals surface area contributed by atoms with E-state index in [1.807, 2.05) is 13.8 Å². The van der Waals surface area contributed by atoms with Crippen LogP contribution < -0.4 is 11.1 Å². The van der Waals surface area contributed by atoms with Gasteiger partial charge in [0.25, 0.3) is 0 Å². The maximum atomic E-state index is 11.4. The molecule has 1 rings (SSSR count). The van der Waals surface area contributed by atoms with Gasteiger partial charge in [0.1, 0.15) is 6.04 Å². The van der Waals surface area contributed by atoms with E-state index in [1.54, 1.807) is 24.3 Å². The highest BCUT2D eigenvalue weighted by atomic mass is 16.1. The van der Waals surface area contributed by atoms with Gasteiger partial charge < -0.3 is 11.1 Å². The van der Waals surface area contributed by atoms with Gasteiger partial charge in [0.2, 0.25) is 5.91 Å². The van der Waals surface area contributed by atoms with E-state index >= 15 is 0 Å². The first-order chi connectivity index (χ1) is 8.06. The summed E-state index contributed by atoms with van der Waals surface area (Å²) in [6, 6.07) is 8.46. The van der Waals surface area contributed by atoms with Gasteiger partial charge in [0, 0.05) is 0 Å². The number of carbonyl (C=O) groups excluding carboxylic acids is 1. The largest absolute Gasteiger partial charge is 0.368 e. The summed E-state index contributed by atoms with van der Waals surface area (Å²) in [5.74, 6) is -0.0561. The summed E-state index contributed by atoms with van der Waals surface area (Å²) >= 11 is 0. The predicted octanol–water partition coefficient (Wildman–Crippen LogP) is 1.33. The van der Waals surface area contributed by atoms with Crippen LogP contribution in [-0.4, -0.2) is 12.5 Å². The van der Waals surface area contributed by atoms with Crippen LogP contribution in [0, 0.1) is 17.2 Å². The Hall–Kier alpha value is -1.86. The number of nitrogens with two attached hydrogens (primary N) is 1. The SMILES string of the molecule is CC(C)CNC(C(N)=O)c1ccccc1C#N. The molecule has 1 unspecified atom stereocenters. The van der Waals surface area contributed by atoms with E-state index in [0.717, 1.165) is 0 Å². The topological polar surface area (TPSA) is 78.9 Å². The minimum Gasteiger partial charge on any atom is -0.368 e. The number of benzene rings is 1. The molecule has 0 aromatic heterocycles. The second-order valence-electron chi connectivity index (χ2n) is 4.34. The minimum absolute atomic E-state index is 0.408. The van der Waals surface area contributed by atoms with E-state index in [4.69, 9.17) is 11.0 Å². The van der Waals surface area contributed by atoms with Crippen molar-refractivity contribution in [2.75, 3.05) is 6.54 Å². The first kappa shape index (κ1) is 13.2. The fourth-order valence-electron chi connectivity index (χ4n) is 1.57. The quantitative estimate of drug-likeness (QED) is 0.802. The van der Waals surface area contributed by atoms with Crippen molar-refractivity contribution in [2.45, 2.75) is 19.9 Å². The van der Waals surface area contributed by atoms with Crippen molar-refractivity contribution in [1.82, 2.24) is 5.32 Å². The van der Waals surface area contributed by atoms with Crippen LogP contribution in [0.5, 0.6) is 0 Å². The van der Waals surface area contributed by atoms with Crippen molar-refractivity contribution < 1.29 is 4.79 Å². The van der Waals surface area contributed by atoms with Crippen LogP contribution in [0.15, 0.2) is 24.3 Å². The second-order valence-corrected chi connectivity index (χ2v) is 4.34. The molecule has 4 nitrogen and oxygen atoms in total. The van der Waals surface area contributed by atoms with Crippen molar-refractivity contribution in [3.63, 3.8) is 0 Å². The van der Waals surface area contributed by atoms with E-state index in [9.17, 15) is 4.79 Å². The first-order valence-corrected chi connectivity index (χ1v) is 5.58. The number of amides is 1. The molecule has 0 aliphatic rings. The zero-order valence-electron chi connectivity index (χ0n) is 10.1. The van der Waals surface area contributed by atoms with Crippen LogP contribution in [-0.2, 0) is 4.79 Å². The third kappa shape index (κ3) is 3.58. The zero-order chi connectivity index (χ0) is 12.8. The Morgan fingerprint density at radius 1 is 1.47 bits per heavy atom. The summed E-state index contributed by atoms with van der Waals surface area (Å²) in [5, 5.41) is 12.1. The van der Waals surface area contributed by atoms with Gasteiger partial charge >= 0.3 is 0 Å². The molecule has 0 spiro atoms. The van der Waals surface area contributed by atoms with E-state index in [2.05, 4.69) is 11.4 Å². The van der Waals surface area contributed by atoms with Crippen LogP contribution in [0.2, 0.25) is 0 Å². The third-order valence-corrected chi connectivity index (χ3v) is 2.41. The molecule has 0 aliphatic heterocycles. The molecular weight excluding hydrogens is 214 g/mol. The summed E-state index contributed by atoms with van der Waals surface area (Å²) in [5.41, 5.74) is 6.49. The number of carbonyl (C=O) groups is 1. The maximum Gasteiger partial charge on any atom is 0.239 e. The van der Waals surface area contributed by atoms with Gasteiger partial charge in [-0.25, -0.2) is 0 Å². The molecule has 4 heteroatoms. The summed E-state index contributed by atoms with van der Waals surface area (Å²) in [6.45, 7) is 4.76. The Balaban J connectivity index is 2.98. The average Bonchev–Trinajstić information content (AvgIpc) is 2.29. The first-order valence-electron chi connectivity index (χ1n) is 5.58. The summed E-state index contributed by atoms with van der Waals surface area (Å²) in [7, 11) is 0. The van der Waals surface area contributed by atoms with E-state index < -0.39 is 11.9 Å². The maximum absolute atomic E-state index is 11.4. The molecule has 17 heavy (non-hydrogen) atoms. The monoisotopic (exact) mass is 231 g/mol. The smallest absolute Gasteiger partial charge is 0.239 e. The number of nitrogens with one attached hydrogen (secondary N) is 1. The minimum atomic E-state index is -0.603. The molecule has 0 radical (unpaired) electrons. The van der Waals surface area contributed by atoms with Crippen LogP contribution in [0.4, 0.5) is 0 Å². The van der Waals surface area contributed by atoms with Crippen LogP contribution in [0.25, 0.3) is 0 Å². The number of nitrogens with zero attached hydrogens (tertiary/aromatic N) is 1. The normalized spacial score (nSPS) is 12.1. The predicted molar refractivity (Wildman–Crippen MR) is 65.9 cm³/mol. The number of hydrogen-bond acceptors (Lipinski definition) is 3. The van der Waals surface area contributed by atoms with Gasteiger partial charge in [-0.05, 0) is 24.1 Å². The lowest BCUT2D eigenvalue weighted by molar-refractivity contribution is -0.120. The summed E-state index contributed by atoms with van der Waals surface area (Å²) in [6.07, 6.45) is 0. The number of hydrogen-bond donors (Lipinski definition) is 2. The summed E-state index contributed by atoms with van der Waals surface area (Å²) in [4.78, 5) is 11.4. The van der Waals surface area contributed by atoms with Gasteiger partial charge in [-0.2, -0.15) is 5.26 Å². The Labute approximate surface area is 101 Å². The molecule has 90 valence electrons. The fourth-order valence-corrected chi connectivity index (χ4v) is 1.57. The molecule has 0 bridgehead atoms. The van der Waals surface area contributed by atoms with Crippen molar-refractivity contribution in [1.29, 1.82) is 5.26 Å². The second kappa shape index (κ2) is 6.02. The average molecular weight is 231 g/mol. The highest BCUT2D eigenvalue weighted by Crippen LogP contribution is 2.17. The molecule has 0 saturated heterocycles. The van der Waals surface area contributed by atoms with E-state index in [-0.39, 0.29) is 0 Å². The third-order valence-electron chi connectivity index (χ3n) is 2.41. The Bertz CT molecular complexity index is 435. The molecule has 1 atom stereocenters. The van der Waals surface area contributed by atoms with Gasteiger partial charge in [-0.15, -0.1) is 0 Å². The number of primary amides is 1. The van der Waals surface area contributed by atoms with Crippen LogP contribution in [0.1, 0.15) is 31.0 Å². The zero-order valence-corrected chi connectivity index (χ0v) is 10.1. The molecule has 0 fully saturated rings. The summed E-state index contributed by atoms with van der Waals surface area (Å²) < 4.78 is 0. The molecule has 0 aliphatic carbocycles. The molecule has 1 aromatic rings. The van der Waals surface area contributed by atoms with Gasteiger partial charge in [0.05, 0.1) is 11.6 Å². The van der Waals surface area contributed by atoms with E-state index in [0.29, 0.717) is 23.6 Å². The van der Waals surface area contributed by atoms with Gasteiger partial charge in [-0.3, -0.25) is 4.79 Å². The standard InChI is InChI=1S/C13H17N3O/c1-9(2)8-16-12(13(15)17)11-6-4-3-5-10(11)7-14/h3-6,9,12,16H,8H2,1-2H3,(H2,15,17). The Morgan fingerprint density at radius 2 is 2.12 bits per heavy atom. The lowest BCUT2D eigenvalue weighted by Gasteiger charge is -2.18. The van der Waals surface area contributed by atoms with Crippen molar-refractivity contribution >= 4 is 5.91 Å².